The Balaban J connectivity index is 2.15. The molecule has 1 aliphatic heterocycles. The van der Waals surface area contributed by atoms with Crippen molar-refractivity contribution < 1.29 is 0 Å². The van der Waals surface area contributed by atoms with Crippen LogP contribution >= 0.6 is 39.1 Å². The molecule has 1 atom stereocenters. The van der Waals surface area contributed by atoms with Crippen molar-refractivity contribution in [3.8, 4) is 0 Å². The van der Waals surface area contributed by atoms with Crippen molar-refractivity contribution in [3.05, 3.63) is 26.7 Å². The highest BCUT2D eigenvalue weighted by Gasteiger charge is 2.20. The number of likely N-dealkylation sites (tertiary alicyclic amines) is 1. The summed E-state index contributed by atoms with van der Waals surface area (Å²) in [5.74, 6) is 0. The predicted octanol–water partition coefficient (Wildman–Crippen LogP) is 3.87. The second-order valence-corrected chi connectivity index (χ2v) is 5.87. The fourth-order valence-corrected chi connectivity index (χ4v) is 3.25. The first-order chi connectivity index (χ1) is 7.56. The summed E-state index contributed by atoms with van der Waals surface area (Å²) < 4.78 is 0.900. The van der Waals surface area contributed by atoms with Crippen molar-refractivity contribution in [2.45, 2.75) is 12.5 Å². The Morgan fingerprint density at radius 1 is 1.38 bits per heavy atom. The second-order valence-electron chi connectivity index (χ2n) is 4.14. The highest BCUT2D eigenvalue weighted by molar-refractivity contribution is 9.10. The Morgan fingerprint density at radius 3 is 2.50 bits per heavy atom. The molecule has 1 heterocycles. The molecule has 88 valence electrons. The molecular weight excluding hydrogens is 311 g/mol. The van der Waals surface area contributed by atoms with Gasteiger partial charge in [0.15, 0.2) is 0 Å². The predicted molar refractivity (Wildman–Crippen MR) is 73.7 cm³/mol. The fraction of sp³-hybridized carbons (Fsp3) is 0.455. The molecule has 0 spiro atoms. The van der Waals surface area contributed by atoms with Gasteiger partial charge >= 0.3 is 0 Å². The number of anilines is 1. The van der Waals surface area contributed by atoms with Crippen LogP contribution in [0.1, 0.15) is 6.42 Å². The molecule has 1 fully saturated rings. The number of likely N-dealkylation sites (N-methyl/N-ethyl adjacent to an activating group) is 1. The summed E-state index contributed by atoms with van der Waals surface area (Å²) in [7, 11) is 2.12. The Hall–Kier alpha value is 0.0400. The van der Waals surface area contributed by atoms with Gasteiger partial charge in [0.25, 0.3) is 0 Å². The first kappa shape index (κ1) is 12.5. The highest BCUT2D eigenvalue weighted by Crippen LogP contribution is 2.34. The van der Waals surface area contributed by atoms with Crippen molar-refractivity contribution in [1.29, 1.82) is 0 Å². The van der Waals surface area contributed by atoms with Crippen molar-refractivity contribution in [2.24, 2.45) is 0 Å². The van der Waals surface area contributed by atoms with Gasteiger partial charge in [-0.15, -0.1) is 0 Å². The smallest absolute Gasteiger partial charge is 0.0722 e. The van der Waals surface area contributed by atoms with E-state index in [1.807, 2.05) is 12.1 Å². The zero-order valence-corrected chi connectivity index (χ0v) is 12.0. The van der Waals surface area contributed by atoms with Gasteiger partial charge in [0.1, 0.15) is 0 Å². The van der Waals surface area contributed by atoms with Crippen molar-refractivity contribution >= 4 is 44.8 Å². The minimum absolute atomic E-state index is 0.432. The molecule has 2 nitrogen and oxygen atoms in total. The van der Waals surface area contributed by atoms with Crippen LogP contribution in [0, 0.1) is 0 Å². The van der Waals surface area contributed by atoms with E-state index < -0.39 is 0 Å². The number of hydrogen-bond acceptors (Lipinski definition) is 2. The molecule has 0 aromatic heterocycles. The van der Waals surface area contributed by atoms with Crippen molar-refractivity contribution in [2.75, 3.05) is 25.5 Å². The van der Waals surface area contributed by atoms with Gasteiger partial charge in [-0.1, -0.05) is 39.1 Å². The van der Waals surface area contributed by atoms with E-state index in [2.05, 4.69) is 33.2 Å². The third-order valence-corrected chi connectivity index (χ3v) is 3.80. The maximum Gasteiger partial charge on any atom is 0.0722 e. The van der Waals surface area contributed by atoms with E-state index in [-0.39, 0.29) is 0 Å². The molecule has 0 bridgehead atoms. The Bertz CT molecular complexity index is 375. The highest BCUT2D eigenvalue weighted by atomic mass is 79.9. The molecular formula is C11H13BrCl2N2. The van der Waals surface area contributed by atoms with Gasteiger partial charge in [-0.2, -0.15) is 0 Å². The molecule has 1 aromatic rings. The number of nitrogens with one attached hydrogen (secondary N) is 1. The van der Waals surface area contributed by atoms with Gasteiger partial charge in [-0.05, 0) is 32.1 Å². The molecule has 16 heavy (non-hydrogen) atoms. The van der Waals surface area contributed by atoms with Crippen molar-refractivity contribution in [1.82, 2.24) is 4.90 Å². The lowest BCUT2D eigenvalue weighted by atomic mass is 10.2. The lowest BCUT2D eigenvalue weighted by Gasteiger charge is -2.17. The number of rotatable bonds is 2. The molecule has 0 aliphatic carbocycles. The van der Waals surface area contributed by atoms with Gasteiger partial charge in [-0.3, -0.25) is 0 Å². The molecule has 2 rings (SSSR count). The third-order valence-electron chi connectivity index (χ3n) is 2.75. The average Bonchev–Trinajstić information content (AvgIpc) is 2.58. The molecule has 0 radical (unpaired) electrons. The average molecular weight is 324 g/mol. The molecule has 1 aromatic carbocycles. The van der Waals surface area contributed by atoms with Gasteiger partial charge < -0.3 is 10.2 Å². The normalized spacial score (nSPS) is 21.4. The van der Waals surface area contributed by atoms with E-state index in [1.165, 1.54) is 0 Å². The Morgan fingerprint density at radius 2 is 2.00 bits per heavy atom. The molecule has 1 aliphatic rings. The van der Waals surface area contributed by atoms with Crippen LogP contribution in [0.25, 0.3) is 0 Å². The van der Waals surface area contributed by atoms with E-state index in [0.717, 1.165) is 29.7 Å². The molecule has 1 saturated heterocycles. The molecule has 0 saturated carbocycles. The lowest BCUT2D eigenvalue weighted by Crippen LogP contribution is -2.23. The Labute approximate surface area is 114 Å². The monoisotopic (exact) mass is 322 g/mol. The summed E-state index contributed by atoms with van der Waals surface area (Å²) in [6, 6.07) is 4.14. The van der Waals surface area contributed by atoms with Crippen LogP contribution in [0.4, 0.5) is 5.69 Å². The molecule has 5 heteroatoms. The Kier molecular flexibility index (Phi) is 4.01. The van der Waals surface area contributed by atoms with Gasteiger partial charge in [0, 0.05) is 17.1 Å². The van der Waals surface area contributed by atoms with E-state index >= 15 is 0 Å². The number of hydrogen-bond donors (Lipinski definition) is 1. The van der Waals surface area contributed by atoms with Crippen LogP contribution in [0.5, 0.6) is 0 Å². The SMILES string of the molecule is CN1CCC(Nc2c(Cl)cc(Br)cc2Cl)C1. The van der Waals surface area contributed by atoms with E-state index in [4.69, 9.17) is 23.2 Å². The van der Waals surface area contributed by atoms with Gasteiger partial charge in [-0.25, -0.2) is 0 Å². The zero-order valence-electron chi connectivity index (χ0n) is 8.93. The second kappa shape index (κ2) is 5.13. The van der Waals surface area contributed by atoms with Crippen LogP contribution in [-0.4, -0.2) is 31.1 Å². The summed E-state index contributed by atoms with van der Waals surface area (Å²) in [5, 5.41) is 4.73. The lowest BCUT2D eigenvalue weighted by molar-refractivity contribution is 0.414. The van der Waals surface area contributed by atoms with Crippen LogP contribution in [-0.2, 0) is 0 Å². The zero-order chi connectivity index (χ0) is 11.7. The van der Waals surface area contributed by atoms with Crippen LogP contribution in [0.15, 0.2) is 16.6 Å². The van der Waals surface area contributed by atoms with Crippen LogP contribution < -0.4 is 5.32 Å². The van der Waals surface area contributed by atoms with E-state index in [1.54, 1.807) is 0 Å². The summed E-state index contributed by atoms with van der Waals surface area (Å²) >= 11 is 15.7. The minimum Gasteiger partial charge on any atom is -0.379 e. The maximum atomic E-state index is 6.16. The fourth-order valence-electron chi connectivity index (χ4n) is 1.94. The molecule has 1 unspecified atom stereocenters. The maximum absolute atomic E-state index is 6.16. The summed E-state index contributed by atoms with van der Waals surface area (Å²) in [5.41, 5.74) is 0.840. The summed E-state index contributed by atoms with van der Waals surface area (Å²) in [6.45, 7) is 2.14. The number of nitrogens with zero attached hydrogens (tertiary/aromatic N) is 1. The largest absolute Gasteiger partial charge is 0.379 e. The number of benzene rings is 1. The third kappa shape index (κ3) is 2.83. The first-order valence-electron chi connectivity index (χ1n) is 5.16. The van der Waals surface area contributed by atoms with Crippen molar-refractivity contribution in [3.63, 3.8) is 0 Å². The minimum atomic E-state index is 0.432. The standard InChI is InChI=1S/C11H13BrCl2N2/c1-16-3-2-8(6-16)15-11-9(13)4-7(12)5-10(11)14/h4-5,8,15H,2-3,6H2,1H3. The van der Waals surface area contributed by atoms with Crippen LogP contribution in [0.3, 0.4) is 0 Å². The molecule has 1 N–H and O–H groups in total. The summed E-state index contributed by atoms with van der Waals surface area (Å²) in [4.78, 5) is 2.29. The number of halogens is 3. The van der Waals surface area contributed by atoms with Gasteiger partial charge in [0.2, 0.25) is 0 Å². The van der Waals surface area contributed by atoms with Gasteiger partial charge in [0.05, 0.1) is 15.7 Å². The van der Waals surface area contributed by atoms with E-state index in [9.17, 15) is 0 Å². The molecule has 0 amide bonds. The first-order valence-corrected chi connectivity index (χ1v) is 6.71. The van der Waals surface area contributed by atoms with Crippen LogP contribution in [0.2, 0.25) is 10.0 Å². The topological polar surface area (TPSA) is 15.3 Å². The van der Waals surface area contributed by atoms with E-state index in [0.29, 0.717) is 16.1 Å². The quantitative estimate of drug-likeness (QED) is 0.888. The summed E-state index contributed by atoms with van der Waals surface area (Å²) in [6.07, 6.45) is 1.12.